The van der Waals surface area contributed by atoms with Gasteiger partial charge >= 0.3 is 0 Å². The van der Waals surface area contributed by atoms with Crippen LogP contribution in [0.5, 0.6) is 0 Å². The predicted molar refractivity (Wildman–Crippen MR) is 92.8 cm³/mol. The number of anilines is 1. The number of hydrogen-bond donors (Lipinski definition) is 2. The fraction of sp³-hybridized carbons (Fsp3) is 0.176. The van der Waals surface area contributed by atoms with Gasteiger partial charge in [0.2, 0.25) is 11.8 Å². The van der Waals surface area contributed by atoms with E-state index in [2.05, 4.69) is 10.6 Å². The molecular weight excluding hydrogens is 335 g/mol. The first-order valence-electron chi connectivity index (χ1n) is 7.01. The first-order chi connectivity index (χ1) is 10.9. The maximum Gasteiger partial charge on any atom is 0.224 e. The average molecular weight is 351 g/mol. The van der Waals surface area contributed by atoms with Crippen molar-refractivity contribution in [2.75, 3.05) is 5.32 Å². The van der Waals surface area contributed by atoms with Crippen LogP contribution >= 0.6 is 23.2 Å². The summed E-state index contributed by atoms with van der Waals surface area (Å²) in [6.07, 6.45) is 0.194. The van der Waals surface area contributed by atoms with Crippen molar-refractivity contribution in [2.24, 2.45) is 0 Å². The normalized spacial score (nSPS) is 10.2. The highest BCUT2D eigenvalue weighted by molar-refractivity contribution is 6.35. The van der Waals surface area contributed by atoms with Gasteiger partial charge in [-0.25, -0.2) is 0 Å². The number of hydrogen-bond acceptors (Lipinski definition) is 2. The van der Waals surface area contributed by atoms with Crippen molar-refractivity contribution < 1.29 is 9.59 Å². The first-order valence-corrected chi connectivity index (χ1v) is 7.77. The SMILES string of the molecule is CC(=O)Nc1ccc(CNC(=O)Cc2ccc(Cl)cc2Cl)cc1. The van der Waals surface area contributed by atoms with Gasteiger partial charge in [0, 0.05) is 29.2 Å². The molecule has 2 rings (SSSR count). The van der Waals surface area contributed by atoms with E-state index in [1.165, 1.54) is 6.92 Å². The minimum absolute atomic E-state index is 0.120. The lowest BCUT2D eigenvalue weighted by Crippen LogP contribution is -2.24. The zero-order valence-corrected chi connectivity index (χ0v) is 14.0. The molecular formula is C17H16Cl2N2O2. The lowest BCUT2D eigenvalue weighted by atomic mass is 10.1. The maximum absolute atomic E-state index is 12.0. The van der Waals surface area contributed by atoms with Gasteiger partial charge in [-0.1, -0.05) is 41.4 Å². The van der Waals surface area contributed by atoms with E-state index in [1.807, 2.05) is 12.1 Å². The molecule has 0 aliphatic carbocycles. The monoisotopic (exact) mass is 350 g/mol. The largest absolute Gasteiger partial charge is 0.352 e. The second-order valence-electron chi connectivity index (χ2n) is 5.07. The van der Waals surface area contributed by atoms with Crippen molar-refractivity contribution in [1.29, 1.82) is 0 Å². The third-order valence-electron chi connectivity index (χ3n) is 3.13. The fourth-order valence-electron chi connectivity index (χ4n) is 2.01. The van der Waals surface area contributed by atoms with Gasteiger partial charge in [-0.2, -0.15) is 0 Å². The van der Waals surface area contributed by atoms with Crippen LogP contribution in [-0.4, -0.2) is 11.8 Å². The molecule has 0 fully saturated rings. The lowest BCUT2D eigenvalue weighted by molar-refractivity contribution is -0.120. The van der Waals surface area contributed by atoms with Crippen molar-refractivity contribution in [3.8, 4) is 0 Å². The van der Waals surface area contributed by atoms with Crippen LogP contribution in [0.2, 0.25) is 10.0 Å². The molecule has 0 aromatic heterocycles. The Morgan fingerprint density at radius 1 is 1.04 bits per heavy atom. The third kappa shape index (κ3) is 5.58. The predicted octanol–water partition coefficient (Wildman–Crippen LogP) is 3.81. The summed E-state index contributed by atoms with van der Waals surface area (Å²) in [5.41, 5.74) is 2.39. The second kappa shape index (κ2) is 7.99. The van der Waals surface area contributed by atoms with Crippen molar-refractivity contribution >= 4 is 40.7 Å². The molecule has 2 aromatic rings. The number of nitrogens with one attached hydrogen (secondary N) is 2. The van der Waals surface area contributed by atoms with E-state index in [4.69, 9.17) is 23.2 Å². The zero-order chi connectivity index (χ0) is 16.8. The van der Waals surface area contributed by atoms with Crippen LogP contribution in [0.1, 0.15) is 18.1 Å². The Hall–Kier alpha value is -2.04. The minimum Gasteiger partial charge on any atom is -0.352 e. The third-order valence-corrected chi connectivity index (χ3v) is 3.72. The molecule has 6 heteroatoms. The standard InChI is InChI=1S/C17H16Cl2N2O2/c1-11(22)21-15-6-2-12(3-7-15)10-20-17(23)8-13-4-5-14(18)9-16(13)19/h2-7,9H,8,10H2,1H3,(H,20,23)(H,21,22). The number of halogens is 2. The fourth-order valence-corrected chi connectivity index (χ4v) is 2.49. The van der Waals surface area contributed by atoms with Crippen molar-refractivity contribution in [3.05, 3.63) is 63.6 Å². The Bertz CT molecular complexity index is 715. The second-order valence-corrected chi connectivity index (χ2v) is 5.91. The van der Waals surface area contributed by atoms with E-state index in [0.717, 1.165) is 16.8 Å². The van der Waals surface area contributed by atoms with Crippen molar-refractivity contribution in [3.63, 3.8) is 0 Å². The van der Waals surface area contributed by atoms with E-state index in [0.29, 0.717) is 16.6 Å². The molecule has 0 aliphatic heterocycles. The molecule has 0 saturated carbocycles. The highest BCUT2D eigenvalue weighted by Crippen LogP contribution is 2.21. The molecule has 0 unspecified atom stereocenters. The molecule has 2 aromatic carbocycles. The molecule has 0 saturated heterocycles. The molecule has 0 bridgehead atoms. The highest BCUT2D eigenvalue weighted by Gasteiger charge is 2.07. The van der Waals surface area contributed by atoms with Crippen LogP contribution in [0.15, 0.2) is 42.5 Å². The summed E-state index contributed by atoms with van der Waals surface area (Å²) in [6, 6.07) is 12.3. The molecule has 120 valence electrons. The molecule has 0 radical (unpaired) electrons. The van der Waals surface area contributed by atoms with Gasteiger partial charge in [-0.05, 0) is 35.4 Å². The minimum atomic E-state index is -0.125. The number of amides is 2. The van der Waals surface area contributed by atoms with Gasteiger partial charge in [-0.15, -0.1) is 0 Å². The van der Waals surface area contributed by atoms with E-state index in [-0.39, 0.29) is 18.2 Å². The summed E-state index contributed by atoms with van der Waals surface area (Å²) in [5, 5.41) is 6.54. The molecule has 2 amide bonds. The molecule has 0 heterocycles. The topological polar surface area (TPSA) is 58.2 Å². The Balaban J connectivity index is 1.87. The summed E-state index contributed by atoms with van der Waals surface area (Å²) in [7, 11) is 0. The molecule has 0 spiro atoms. The Morgan fingerprint density at radius 3 is 2.35 bits per heavy atom. The number of carbonyl (C=O) groups excluding carboxylic acids is 2. The number of benzene rings is 2. The van der Waals surface area contributed by atoms with Crippen LogP contribution < -0.4 is 10.6 Å². The molecule has 4 nitrogen and oxygen atoms in total. The van der Waals surface area contributed by atoms with Gasteiger partial charge < -0.3 is 10.6 Å². The van der Waals surface area contributed by atoms with Gasteiger partial charge in [0.1, 0.15) is 0 Å². The van der Waals surface area contributed by atoms with Crippen LogP contribution in [-0.2, 0) is 22.6 Å². The summed E-state index contributed by atoms with van der Waals surface area (Å²) in [6.45, 7) is 1.86. The Labute approximate surface area is 144 Å². The van der Waals surface area contributed by atoms with Crippen LogP contribution in [0.25, 0.3) is 0 Å². The van der Waals surface area contributed by atoms with Gasteiger partial charge in [0.05, 0.1) is 6.42 Å². The van der Waals surface area contributed by atoms with E-state index in [9.17, 15) is 9.59 Å². The Morgan fingerprint density at radius 2 is 1.74 bits per heavy atom. The smallest absolute Gasteiger partial charge is 0.224 e. The molecule has 2 N–H and O–H groups in total. The van der Waals surface area contributed by atoms with E-state index >= 15 is 0 Å². The van der Waals surface area contributed by atoms with Crippen LogP contribution in [0.4, 0.5) is 5.69 Å². The van der Waals surface area contributed by atoms with Crippen LogP contribution in [0, 0.1) is 0 Å². The molecule has 23 heavy (non-hydrogen) atoms. The van der Waals surface area contributed by atoms with Gasteiger partial charge in [0.25, 0.3) is 0 Å². The summed E-state index contributed by atoms with van der Waals surface area (Å²) in [5.74, 6) is -0.244. The zero-order valence-electron chi connectivity index (χ0n) is 12.5. The first kappa shape index (κ1) is 17.3. The summed E-state index contributed by atoms with van der Waals surface area (Å²) >= 11 is 11.9. The van der Waals surface area contributed by atoms with Crippen molar-refractivity contribution in [2.45, 2.75) is 19.9 Å². The van der Waals surface area contributed by atoms with Gasteiger partial charge in [-0.3, -0.25) is 9.59 Å². The Kier molecular flexibility index (Phi) is 6.02. The highest BCUT2D eigenvalue weighted by atomic mass is 35.5. The maximum atomic E-state index is 12.0. The molecule has 0 atom stereocenters. The number of carbonyl (C=O) groups is 2. The van der Waals surface area contributed by atoms with Crippen LogP contribution in [0.3, 0.4) is 0 Å². The van der Waals surface area contributed by atoms with E-state index in [1.54, 1.807) is 30.3 Å². The average Bonchev–Trinajstić information content (AvgIpc) is 2.49. The number of rotatable bonds is 5. The van der Waals surface area contributed by atoms with E-state index < -0.39 is 0 Å². The summed E-state index contributed by atoms with van der Waals surface area (Å²) < 4.78 is 0. The molecule has 0 aliphatic rings. The van der Waals surface area contributed by atoms with Gasteiger partial charge in [0.15, 0.2) is 0 Å². The lowest BCUT2D eigenvalue weighted by Gasteiger charge is -2.08. The van der Waals surface area contributed by atoms with Crippen molar-refractivity contribution in [1.82, 2.24) is 5.32 Å². The summed E-state index contributed by atoms with van der Waals surface area (Å²) in [4.78, 5) is 22.9. The quantitative estimate of drug-likeness (QED) is 0.861.